The minimum absolute atomic E-state index is 0.0573. The van der Waals surface area contributed by atoms with E-state index in [1.165, 1.54) is 15.2 Å². The molecule has 0 aliphatic rings. The summed E-state index contributed by atoms with van der Waals surface area (Å²) in [5.74, 6) is -0.345. The Morgan fingerprint density at radius 3 is 2.63 bits per heavy atom. The smallest absolute Gasteiger partial charge is 0.408 e. The molecule has 0 radical (unpaired) electrons. The first-order chi connectivity index (χ1) is 14.5. The average Bonchev–Trinajstić information content (AvgIpc) is 3.30. The molecule has 0 unspecified atom stereocenters. The van der Waals surface area contributed by atoms with Gasteiger partial charge in [-0.3, -0.25) is 18.6 Å². The number of hydrogen-bond acceptors (Lipinski definition) is 6. The van der Waals surface area contributed by atoms with Crippen LogP contribution in [-0.4, -0.2) is 29.9 Å². The molecule has 1 N–H and O–H groups in total. The first-order valence-corrected chi connectivity index (χ1v) is 9.17. The number of carbonyl (C=O) groups excluding carboxylic acids is 1. The van der Waals surface area contributed by atoms with Gasteiger partial charge in [0.25, 0.3) is 5.56 Å². The Hall–Kier alpha value is -4.27. The van der Waals surface area contributed by atoms with E-state index in [2.05, 4.69) is 15.2 Å². The van der Waals surface area contributed by atoms with Crippen molar-refractivity contribution in [3.05, 3.63) is 98.3 Å². The van der Waals surface area contributed by atoms with Crippen LogP contribution in [0.1, 0.15) is 27.3 Å². The summed E-state index contributed by atoms with van der Waals surface area (Å²) in [4.78, 5) is 39.5. The number of nitrogens with zero attached hydrogens (tertiary/aromatic N) is 4. The van der Waals surface area contributed by atoms with Gasteiger partial charge in [-0.2, -0.15) is 0 Å². The molecule has 9 nitrogen and oxygen atoms in total. The quantitative estimate of drug-likeness (QED) is 0.460. The molecule has 5 rings (SSSR count). The predicted molar refractivity (Wildman–Crippen MR) is 108 cm³/mol. The van der Waals surface area contributed by atoms with Crippen LogP contribution in [-0.2, 0) is 6.54 Å². The van der Waals surface area contributed by atoms with Crippen molar-refractivity contribution in [3.63, 3.8) is 0 Å². The summed E-state index contributed by atoms with van der Waals surface area (Å²) in [6.45, 7) is 2.01. The standard InChI is InChI=1S/C21H15N5O4/c1-12-2-4-13(5-3-12)18(27)14-6-7-15-16(10-14)30-21(29)26(15)11-17-23-24-19-20(28)22-8-9-25(17)19/h2-10H,11H2,1H3,(H,22,28). The molecule has 0 bridgehead atoms. The second kappa shape index (κ2) is 6.66. The Balaban J connectivity index is 1.54. The molecule has 9 heteroatoms. The highest BCUT2D eigenvalue weighted by atomic mass is 16.4. The van der Waals surface area contributed by atoms with Gasteiger partial charge in [0.05, 0.1) is 12.1 Å². The van der Waals surface area contributed by atoms with Gasteiger partial charge in [0, 0.05) is 23.5 Å². The number of aromatic nitrogens is 5. The van der Waals surface area contributed by atoms with Crippen LogP contribution < -0.4 is 11.3 Å². The monoisotopic (exact) mass is 401 g/mol. The number of benzene rings is 2. The van der Waals surface area contributed by atoms with Crippen molar-refractivity contribution >= 4 is 22.5 Å². The molecule has 30 heavy (non-hydrogen) atoms. The predicted octanol–water partition coefficient (Wildman–Crippen LogP) is 1.91. The van der Waals surface area contributed by atoms with Gasteiger partial charge in [-0.15, -0.1) is 10.2 Å². The molecular weight excluding hydrogens is 386 g/mol. The normalized spacial score (nSPS) is 11.4. The van der Waals surface area contributed by atoms with Gasteiger partial charge >= 0.3 is 5.76 Å². The summed E-state index contributed by atoms with van der Waals surface area (Å²) in [5.41, 5.74) is 2.62. The SMILES string of the molecule is Cc1ccc(C(=O)c2ccc3c(c2)oc(=O)n3Cc2nnc3c(=O)[nH]ccn23)cc1. The highest BCUT2D eigenvalue weighted by Gasteiger charge is 2.17. The number of hydrogen-bond donors (Lipinski definition) is 1. The van der Waals surface area contributed by atoms with Gasteiger partial charge in [-0.1, -0.05) is 29.8 Å². The Kier molecular flexibility index (Phi) is 3.95. The molecule has 0 aliphatic heterocycles. The van der Waals surface area contributed by atoms with Gasteiger partial charge in [-0.05, 0) is 25.1 Å². The number of rotatable bonds is 4. The molecule has 0 fully saturated rings. The Morgan fingerprint density at radius 1 is 1.07 bits per heavy atom. The van der Waals surface area contributed by atoms with Crippen molar-refractivity contribution in [3.8, 4) is 0 Å². The van der Waals surface area contributed by atoms with Crippen LogP contribution in [0.15, 0.2) is 68.9 Å². The lowest BCUT2D eigenvalue weighted by Crippen LogP contribution is -2.17. The summed E-state index contributed by atoms with van der Waals surface area (Å²) in [6, 6.07) is 12.2. The lowest BCUT2D eigenvalue weighted by Gasteiger charge is -2.03. The number of oxazole rings is 1. The maximum Gasteiger partial charge on any atom is 0.420 e. The van der Waals surface area contributed by atoms with E-state index >= 15 is 0 Å². The summed E-state index contributed by atoms with van der Waals surface area (Å²) < 4.78 is 8.25. The maximum absolute atomic E-state index is 12.7. The molecule has 148 valence electrons. The zero-order chi connectivity index (χ0) is 20.8. The lowest BCUT2D eigenvalue weighted by atomic mass is 10.0. The van der Waals surface area contributed by atoms with Crippen LogP contribution in [0.4, 0.5) is 0 Å². The van der Waals surface area contributed by atoms with Crippen molar-refractivity contribution in [2.24, 2.45) is 0 Å². The molecule has 0 saturated heterocycles. The van der Waals surface area contributed by atoms with Crippen LogP contribution >= 0.6 is 0 Å². The molecule has 0 spiro atoms. The van der Waals surface area contributed by atoms with Crippen molar-refractivity contribution < 1.29 is 9.21 Å². The second-order valence-electron chi connectivity index (χ2n) is 6.93. The van der Waals surface area contributed by atoms with Crippen molar-refractivity contribution in [2.75, 3.05) is 0 Å². The Labute approximate surface area is 168 Å². The van der Waals surface area contributed by atoms with Crippen LogP contribution in [0, 0.1) is 6.92 Å². The second-order valence-corrected chi connectivity index (χ2v) is 6.93. The van der Waals surface area contributed by atoms with Gasteiger partial charge in [0.2, 0.25) is 5.65 Å². The Morgan fingerprint density at radius 2 is 1.83 bits per heavy atom. The van der Waals surface area contributed by atoms with Crippen LogP contribution in [0.25, 0.3) is 16.7 Å². The zero-order valence-electron chi connectivity index (χ0n) is 15.8. The van der Waals surface area contributed by atoms with Gasteiger partial charge < -0.3 is 9.40 Å². The molecular formula is C21H15N5O4. The number of nitrogens with one attached hydrogen (secondary N) is 1. The molecule has 0 atom stereocenters. The summed E-state index contributed by atoms with van der Waals surface area (Å²) in [6.07, 6.45) is 3.08. The molecule has 2 aromatic carbocycles. The minimum Gasteiger partial charge on any atom is -0.408 e. The summed E-state index contributed by atoms with van der Waals surface area (Å²) >= 11 is 0. The fraction of sp³-hybridized carbons (Fsp3) is 0.0952. The highest BCUT2D eigenvalue weighted by molar-refractivity contribution is 6.10. The molecule has 5 aromatic rings. The van der Waals surface area contributed by atoms with E-state index in [1.54, 1.807) is 36.5 Å². The molecule has 0 saturated carbocycles. The molecule has 0 aliphatic carbocycles. The Bertz CT molecular complexity index is 1540. The van der Waals surface area contributed by atoms with Gasteiger partial charge in [0.15, 0.2) is 17.2 Å². The third kappa shape index (κ3) is 2.84. The zero-order valence-corrected chi connectivity index (χ0v) is 15.8. The number of ketones is 1. The fourth-order valence-corrected chi connectivity index (χ4v) is 3.37. The number of carbonyl (C=O) groups is 1. The van der Waals surface area contributed by atoms with Crippen molar-refractivity contribution in [2.45, 2.75) is 13.5 Å². The lowest BCUT2D eigenvalue weighted by molar-refractivity contribution is 0.103. The summed E-state index contributed by atoms with van der Waals surface area (Å²) in [5, 5.41) is 7.87. The number of aromatic amines is 1. The van der Waals surface area contributed by atoms with E-state index in [0.717, 1.165) is 5.56 Å². The topological polar surface area (TPSA) is 115 Å². The minimum atomic E-state index is -0.591. The van der Waals surface area contributed by atoms with E-state index in [1.807, 2.05) is 19.1 Å². The van der Waals surface area contributed by atoms with Crippen LogP contribution in [0.2, 0.25) is 0 Å². The highest BCUT2D eigenvalue weighted by Crippen LogP contribution is 2.19. The first kappa shape index (κ1) is 17.8. The van der Waals surface area contributed by atoms with Crippen molar-refractivity contribution in [1.29, 1.82) is 0 Å². The first-order valence-electron chi connectivity index (χ1n) is 9.17. The average molecular weight is 401 g/mol. The van der Waals surface area contributed by atoms with E-state index in [0.29, 0.717) is 28.1 Å². The number of aryl methyl sites for hydroxylation is 1. The molecule has 0 amide bonds. The molecule has 3 aromatic heterocycles. The van der Waals surface area contributed by atoms with Crippen molar-refractivity contribution in [1.82, 2.24) is 24.1 Å². The fourth-order valence-electron chi connectivity index (χ4n) is 3.37. The van der Waals surface area contributed by atoms with E-state index in [-0.39, 0.29) is 23.5 Å². The van der Waals surface area contributed by atoms with E-state index < -0.39 is 5.76 Å². The van der Waals surface area contributed by atoms with E-state index in [4.69, 9.17) is 4.42 Å². The van der Waals surface area contributed by atoms with Gasteiger partial charge in [0.1, 0.15) is 0 Å². The largest absolute Gasteiger partial charge is 0.420 e. The summed E-state index contributed by atoms with van der Waals surface area (Å²) in [7, 11) is 0. The van der Waals surface area contributed by atoms with Crippen LogP contribution in [0.3, 0.4) is 0 Å². The maximum atomic E-state index is 12.7. The molecule has 3 heterocycles. The number of fused-ring (bicyclic) bond motifs is 2. The van der Waals surface area contributed by atoms with E-state index in [9.17, 15) is 14.4 Å². The van der Waals surface area contributed by atoms with Crippen LogP contribution in [0.5, 0.6) is 0 Å². The number of H-pyrrole nitrogens is 1. The third-order valence-electron chi connectivity index (χ3n) is 4.95. The van der Waals surface area contributed by atoms with Gasteiger partial charge in [-0.25, -0.2) is 4.79 Å². The third-order valence-corrected chi connectivity index (χ3v) is 4.95.